The van der Waals surface area contributed by atoms with Gasteiger partial charge >= 0.3 is 0 Å². The fourth-order valence-corrected chi connectivity index (χ4v) is 2.82. The van der Waals surface area contributed by atoms with Crippen LogP contribution >= 0.6 is 0 Å². The molecule has 24 heavy (non-hydrogen) atoms. The van der Waals surface area contributed by atoms with Gasteiger partial charge in [-0.3, -0.25) is 9.89 Å². The molecular formula is C16H16N6O2. The summed E-state index contributed by atoms with van der Waals surface area (Å²) in [5.74, 6) is 2.45. The van der Waals surface area contributed by atoms with Gasteiger partial charge in [0.2, 0.25) is 17.6 Å². The van der Waals surface area contributed by atoms with E-state index in [1.807, 2.05) is 31.2 Å². The minimum Gasteiger partial charge on any atom is -0.345 e. The number of likely N-dealkylation sites (N-methyl/N-ethyl adjacent to an activating group) is 1. The second-order valence-corrected chi connectivity index (χ2v) is 5.96. The molecule has 0 saturated carbocycles. The van der Waals surface area contributed by atoms with Crippen LogP contribution in [0.1, 0.15) is 24.1 Å². The van der Waals surface area contributed by atoms with Gasteiger partial charge in [0.1, 0.15) is 5.82 Å². The van der Waals surface area contributed by atoms with Gasteiger partial charge < -0.3 is 9.42 Å². The lowest BCUT2D eigenvalue weighted by atomic mass is 10.1. The molecule has 1 aliphatic heterocycles. The Morgan fingerprint density at radius 2 is 2.04 bits per heavy atom. The van der Waals surface area contributed by atoms with Gasteiger partial charge in [0, 0.05) is 31.1 Å². The summed E-state index contributed by atoms with van der Waals surface area (Å²) in [7, 11) is 1.78. The van der Waals surface area contributed by atoms with Crippen molar-refractivity contribution in [2.45, 2.75) is 19.3 Å². The fourth-order valence-electron chi connectivity index (χ4n) is 2.82. The molecule has 1 saturated heterocycles. The maximum atomic E-state index is 11.7. The Hall–Kier alpha value is -3.03. The van der Waals surface area contributed by atoms with Crippen molar-refractivity contribution in [3.05, 3.63) is 36.0 Å². The molecule has 0 radical (unpaired) electrons. The first kappa shape index (κ1) is 14.6. The molecule has 1 N–H and O–H groups in total. The van der Waals surface area contributed by atoms with Crippen LogP contribution in [0.3, 0.4) is 0 Å². The van der Waals surface area contributed by atoms with Gasteiger partial charge in [-0.15, -0.1) is 0 Å². The third kappa shape index (κ3) is 2.55. The number of carbonyl (C=O) groups excluding carboxylic acids is 1. The second-order valence-electron chi connectivity index (χ2n) is 5.96. The summed E-state index contributed by atoms with van der Waals surface area (Å²) in [5, 5.41) is 11.0. The van der Waals surface area contributed by atoms with E-state index >= 15 is 0 Å². The largest absolute Gasteiger partial charge is 0.345 e. The van der Waals surface area contributed by atoms with Gasteiger partial charge in [-0.25, -0.2) is 4.98 Å². The van der Waals surface area contributed by atoms with E-state index in [4.69, 9.17) is 4.52 Å². The summed E-state index contributed by atoms with van der Waals surface area (Å²) in [6.45, 7) is 2.46. The molecule has 122 valence electrons. The van der Waals surface area contributed by atoms with E-state index in [1.54, 1.807) is 11.9 Å². The molecule has 8 heteroatoms. The molecule has 4 rings (SSSR count). The summed E-state index contributed by atoms with van der Waals surface area (Å²) < 4.78 is 5.37. The van der Waals surface area contributed by atoms with Crippen LogP contribution in [-0.2, 0) is 4.79 Å². The molecule has 0 spiro atoms. The Labute approximate surface area is 137 Å². The monoisotopic (exact) mass is 324 g/mol. The number of nitrogens with one attached hydrogen (secondary N) is 1. The number of aromatic nitrogens is 5. The molecule has 3 aromatic rings. The van der Waals surface area contributed by atoms with E-state index in [2.05, 4.69) is 25.3 Å². The van der Waals surface area contributed by atoms with Gasteiger partial charge in [-0.05, 0) is 13.0 Å². The molecule has 1 amide bonds. The van der Waals surface area contributed by atoms with Crippen LogP contribution in [0.2, 0.25) is 0 Å². The first-order valence-corrected chi connectivity index (χ1v) is 7.67. The van der Waals surface area contributed by atoms with Crippen LogP contribution in [0.25, 0.3) is 22.8 Å². The number of H-pyrrole nitrogens is 1. The van der Waals surface area contributed by atoms with Crippen molar-refractivity contribution in [1.29, 1.82) is 0 Å². The highest BCUT2D eigenvalue weighted by Crippen LogP contribution is 2.28. The molecular weight excluding hydrogens is 308 g/mol. The summed E-state index contributed by atoms with van der Waals surface area (Å²) in [4.78, 5) is 22.1. The molecule has 1 fully saturated rings. The number of nitrogens with zero attached hydrogens (tertiary/aromatic N) is 5. The summed E-state index contributed by atoms with van der Waals surface area (Å²) in [6, 6.07) is 7.66. The van der Waals surface area contributed by atoms with Crippen molar-refractivity contribution >= 4 is 5.91 Å². The van der Waals surface area contributed by atoms with Gasteiger partial charge in [0.15, 0.2) is 5.82 Å². The predicted molar refractivity (Wildman–Crippen MR) is 84.8 cm³/mol. The molecule has 2 aromatic heterocycles. The molecule has 1 unspecified atom stereocenters. The normalized spacial score (nSPS) is 17.7. The van der Waals surface area contributed by atoms with Crippen molar-refractivity contribution in [1.82, 2.24) is 30.2 Å². The topological polar surface area (TPSA) is 101 Å². The van der Waals surface area contributed by atoms with Crippen LogP contribution in [0.5, 0.6) is 0 Å². The smallest absolute Gasteiger partial charge is 0.232 e. The van der Waals surface area contributed by atoms with Gasteiger partial charge in [0.05, 0.1) is 5.92 Å². The predicted octanol–water partition coefficient (Wildman–Crippen LogP) is 1.78. The van der Waals surface area contributed by atoms with Gasteiger partial charge in [-0.2, -0.15) is 10.1 Å². The number of hydrogen-bond donors (Lipinski definition) is 1. The summed E-state index contributed by atoms with van der Waals surface area (Å²) in [6.07, 6.45) is 0.411. The Morgan fingerprint density at radius 3 is 2.71 bits per heavy atom. The standard InChI is InChI=1S/C16H16N6O2/c1-9-17-14(20-19-9)10-4-3-5-11(6-10)15-18-16(24-21-15)12-7-13(23)22(2)8-12/h3-6,12H,7-8H2,1-2H3,(H,17,19,20). The molecule has 1 atom stereocenters. The molecule has 0 aliphatic carbocycles. The third-order valence-electron chi connectivity index (χ3n) is 4.11. The average Bonchev–Trinajstić information content (AvgIpc) is 3.29. The first-order valence-electron chi connectivity index (χ1n) is 7.67. The van der Waals surface area contributed by atoms with Crippen molar-refractivity contribution in [2.75, 3.05) is 13.6 Å². The Morgan fingerprint density at radius 1 is 1.25 bits per heavy atom. The van der Waals surface area contributed by atoms with E-state index in [0.717, 1.165) is 17.0 Å². The Balaban J connectivity index is 1.62. The first-order chi connectivity index (χ1) is 11.6. The summed E-state index contributed by atoms with van der Waals surface area (Å²) in [5.41, 5.74) is 1.70. The van der Waals surface area contributed by atoms with Crippen molar-refractivity contribution in [3.63, 3.8) is 0 Å². The fraction of sp³-hybridized carbons (Fsp3) is 0.312. The zero-order valence-corrected chi connectivity index (χ0v) is 13.4. The van der Waals surface area contributed by atoms with Crippen LogP contribution in [0.4, 0.5) is 0 Å². The molecule has 8 nitrogen and oxygen atoms in total. The number of amides is 1. The van der Waals surface area contributed by atoms with E-state index < -0.39 is 0 Å². The number of aryl methyl sites for hydroxylation is 1. The number of likely N-dealkylation sites (tertiary alicyclic amines) is 1. The van der Waals surface area contributed by atoms with Crippen LogP contribution in [-0.4, -0.2) is 49.7 Å². The SMILES string of the molecule is Cc1nc(-c2cccc(-c3noc(C4CC(=O)N(C)C4)n3)c2)n[nH]1. The van der Waals surface area contributed by atoms with Gasteiger partial charge in [-0.1, -0.05) is 23.4 Å². The van der Waals surface area contributed by atoms with E-state index in [-0.39, 0.29) is 11.8 Å². The maximum absolute atomic E-state index is 11.7. The third-order valence-corrected chi connectivity index (χ3v) is 4.11. The highest BCUT2D eigenvalue weighted by Gasteiger charge is 2.32. The van der Waals surface area contributed by atoms with Crippen LogP contribution in [0, 0.1) is 6.92 Å². The van der Waals surface area contributed by atoms with Gasteiger partial charge in [0.25, 0.3) is 0 Å². The zero-order chi connectivity index (χ0) is 16.7. The number of rotatable bonds is 3. The van der Waals surface area contributed by atoms with Crippen LogP contribution in [0.15, 0.2) is 28.8 Å². The summed E-state index contributed by atoms with van der Waals surface area (Å²) >= 11 is 0. The highest BCUT2D eigenvalue weighted by atomic mass is 16.5. The van der Waals surface area contributed by atoms with E-state index in [9.17, 15) is 4.79 Å². The minimum atomic E-state index is -0.0393. The minimum absolute atomic E-state index is 0.0393. The molecule has 1 aromatic carbocycles. The van der Waals surface area contributed by atoms with Crippen molar-refractivity contribution < 1.29 is 9.32 Å². The number of carbonyl (C=O) groups is 1. The van der Waals surface area contributed by atoms with E-state index in [1.165, 1.54) is 0 Å². The van der Waals surface area contributed by atoms with Crippen LogP contribution < -0.4 is 0 Å². The number of aromatic amines is 1. The highest BCUT2D eigenvalue weighted by molar-refractivity contribution is 5.79. The van der Waals surface area contributed by atoms with Crippen molar-refractivity contribution in [2.24, 2.45) is 0 Å². The maximum Gasteiger partial charge on any atom is 0.232 e. The Kier molecular flexibility index (Phi) is 3.37. The lowest BCUT2D eigenvalue weighted by Crippen LogP contribution is -2.18. The van der Waals surface area contributed by atoms with E-state index in [0.29, 0.717) is 30.5 Å². The second kappa shape index (κ2) is 5.55. The molecule has 0 bridgehead atoms. The number of benzene rings is 1. The Bertz CT molecular complexity index is 899. The molecule has 1 aliphatic rings. The van der Waals surface area contributed by atoms with Crippen molar-refractivity contribution in [3.8, 4) is 22.8 Å². The molecule has 3 heterocycles. The average molecular weight is 324 g/mol. The lowest BCUT2D eigenvalue weighted by molar-refractivity contribution is -0.126. The number of hydrogen-bond acceptors (Lipinski definition) is 6. The quantitative estimate of drug-likeness (QED) is 0.788. The lowest BCUT2D eigenvalue weighted by Gasteiger charge is -2.05. The zero-order valence-electron chi connectivity index (χ0n) is 13.4.